The molecule has 2 aromatic rings. The molecule has 0 saturated carbocycles. The summed E-state index contributed by atoms with van der Waals surface area (Å²) >= 11 is 0. The first-order chi connectivity index (χ1) is 11.7. The number of aromatic nitrogens is 1. The van der Waals surface area contributed by atoms with Gasteiger partial charge in [-0.05, 0) is 17.7 Å². The van der Waals surface area contributed by atoms with Crippen molar-refractivity contribution in [2.45, 2.75) is 6.54 Å². The van der Waals surface area contributed by atoms with Crippen LogP contribution in [0.1, 0.15) is 5.56 Å². The molecule has 0 unspecified atom stereocenters. The van der Waals surface area contributed by atoms with Crippen LogP contribution in [0.2, 0.25) is 0 Å². The Morgan fingerprint density at radius 1 is 1.25 bits per heavy atom. The van der Waals surface area contributed by atoms with Crippen molar-refractivity contribution in [3.05, 3.63) is 58.3 Å². The van der Waals surface area contributed by atoms with Crippen molar-refractivity contribution in [3.8, 4) is 0 Å². The fourth-order valence-corrected chi connectivity index (χ4v) is 2.91. The van der Waals surface area contributed by atoms with Crippen molar-refractivity contribution in [2.75, 3.05) is 43.2 Å². The van der Waals surface area contributed by atoms with Crippen molar-refractivity contribution in [2.24, 2.45) is 0 Å². The van der Waals surface area contributed by atoms with Crippen molar-refractivity contribution >= 4 is 17.2 Å². The fraction of sp³-hybridized carbons (Fsp3) is 0.353. The Kier molecular flexibility index (Phi) is 4.90. The molecule has 0 bridgehead atoms. The maximum absolute atomic E-state index is 11.2. The number of nitro groups is 1. The van der Waals surface area contributed by atoms with Gasteiger partial charge in [0, 0.05) is 44.6 Å². The second kappa shape index (κ2) is 7.27. The van der Waals surface area contributed by atoms with Crippen LogP contribution in [0.25, 0.3) is 0 Å². The molecule has 3 rings (SSSR count). The third-order valence-corrected chi connectivity index (χ3v) is 4.08. The van der Waals surface area contributed by atoms with Crippen LogP contribution in [0.3, 0.4) is 0 Å². The molecule has 1 aliphatic heterocycles. The smallest absolute Gasteiger partial charge is 0.311 e. The summed E-state index contributed by atoms with van der Waals surface area (Å²) in [5.41, 5.74) is 2.27. The largest absolute Gasteiger partial charge is 0.378 e. The van der Waals surface area contributed by atoms with E-state index in [9.17, 15) is 10.1 Å². The monoisotopic (exact) mass is 328 g/mol. The zero-order valence-electron chi connectivity index (χ0n) is 13.6. The Bertz CT molecular complexity index is 716. The van der Waals surface area contributed by atoms with Crippen LogP contribution in [0.4, 0.5) is 17.2 Å². The molecule has 1 aromatic heterocycles. The van der Waals surface area contributed by atoms with Gasteiger partial charge in [0.2, 0.25) is 5.82 Å². The van der Waals surface area contributed by atoms with Gasteiger partial charge in [0.15, 0.2) is 0 Å². The summed E-state index contributed by atoms with van der Waals surface area (Å²) in [7, 11) is 1.82. The van der Waals surface area contributed by atoms with E-state index in [0.29, 0.717) is 12.4 Å². The van der Waals surface area contributed by atoms with Crippen LogP contribution in [-0.2, 0) is 11.3 Å². The van der Waals surface area contributed by atoms with Crippen LogP contribution in [0, 0.1) is 10.1 Å². The minimum Gasteiger partial charge on any atom is -0.378 e. The fourth-order valence-electron chi connectivity index (χ4n) is 2.91. The summed E-state index contributed by atoms with van der Waals surface area (Å²) < 4.78 is 5.42. The van der Waals surface area contributed by atoms with Gasteiger partial charge in [-0.1, -0.05) is 18.2 Å². The second-order valence-electron chi connectivity index (χ2n) is 5.69. The summed E-state index contributed by atoms with van der Waals surface area (Å²) in [6.45, 7) is 3.69. The maximum Gasteiger partial charge on any atom is 0.311 e. The first-order valence-electron chi connectivity index (χ1n) is 7.88. The number of morpholine rings is 1. The predicted octanol–water partition coefficient (Wildman–Crippen LogP) is 2.46. The number of ether oxygens (including phenoxy) is 1. The minimum atomic E-state index is -0.396. The molecule has 1 fully saturated rings. The molecule has 24 heavy (non-hydrogen) atoms. The third-order valence-electron chi connectivity index (χ3n) is 4.08. The normalized spacial score (nSPS) is 14.5. The molecular formula is C17H20N4O3. The van der Waals surface area contributed by atoms with E-state index < -0.39 is 4.92 Å². The first kappa shape index (κ1) is 16.2. The number of rotatable bonds is 5. The van der Waals surface area contributed by atoms with E-state index in [1.165, 1.54) is 6.07 Å². The number of anilines is 2. The average Bonchev–Trinajstić information content (AvgIpc) is 2.63. The van der Waals surface area contributed by atoms with Gasteiger partial charge in [-0.2, -0.15) is 0 Å². The van der Waals surface area contributed by atoms with E-state index in [2.05, 4.69) is 22.0 Å². The molecule has 2 heterocycles. The molecular weight excluding hydrogens is 308 g/mol. The van der Waals surface area contributed by atoms with Crippen LogP contribution in [0.5, 0.6) is 0 Å². The lowest BCUT2D eigenvalue weighted by molar-refractivity contribution is -0.384. The van der Waals surface area contributed by atoms with E-state index in [4.69, 9.17) is 4.74 Å². The summed E-state index contributed by atoms with van der Waals surface area (Å²) in [6.07, 6.45) is 1.58. The molecule has 0 spiro atoms. The molecule has 1 saturated heterocycles. The molecule has 7 nitrogen and oxygen atoms in total. The zero-order valence-corrected chi connectivity index (χ0v) is 13.6. The predicted molar refractivity (Wildman–Crippen MR) is 92.5 cm³/mol. The van der Waals surface area contributed by atoms with Crippen molar-refractivity contribution in [1.82, 2.24) is 4.98 Å². The highest BCUT2D eigenvalue weighted by molar-refractivity contribution is 5.60. The van der Waals surface area contributed by atoms with E-state index in [0.717, 1.165) is 37.6 Å². The summed E-state index contributed by atoms with van der Waals surface area (Å²) in [4.78, 5) is 19.1. The quantitative estimate of drug-likeness (QED) is 0.620. The lowest BCUT2D eigenvalue weighted by Gasteiger charge is -2.31. The van der Waals surface area contributed by atoms with E-state index in [-0.39, 0.29) is 5.69 Å². The van der Waals surface area contributed by atoms with Gasteiger partial charge in [0.05, 0.1) is 18.1 Å². The highest BCUT2D eigenvalue weighted by atomic mass is 16.6. The van der Waals surface area contributed by atoms with Gasteiger partial charge in [0.1, 0.15) is 0 Å². The maximum atomic E-state index is 11.2. The summed E-state index contributed by atoms with van der Waals surface area (Å²) in [6, 6.07) is 11.2. The molecule has 0 atom stereocenters. The number of hydrogen-bond donors (Lipinski definition) is 0. The average molecular weight is 328 g/mol. The van der Waals surface area contributed by atoms with E-state index in [1.54, 1.807) is 12.3 Å². The number of hydrogen-bond acceptors (Lipinski definition) is 6. The Balaban J connectivity index is 1.85. The summed E-state index contributed by atoms with van der Waals surface area (Å²) in [5, 5.41) is 11.2. The molecule has 0 aliphatic carbocycles. The first-order valence-corrected chi connectivity index (χ1v) is 7.88. The van der Waals surface area contributed by atoms with Gasteiger partial charge in [-0.3, -0.25) is 10.1 Å². The Morgan fingerprint density at radius 2 is 2.00 bits per heavy atom. The van der Waals surface area contributed by atoms with Crippen molar-refractivity contribution in [3.63, 3.8) is 0 Å². The van der Waals surface area contributed by atoms with Crippen LogP contribution in [0.15, 0.2) is 42.6 Å². The van der Waals surface area contributed by atoms with E-state index >= 15 is 0 Å². The lowest BCUT2D eigenvalue weighted by atomic mass is 10.1. The van der Waals surface area contributed by atoms with Gasteiger partial charge < -0.3 is 14.5 Å². The molecule has 0 amide bonds. The summed E-state index contributed by atoms with van der Waals surface area (Å²) in [5.74, 6) is 0.374. The number of nitrogens with zero attached hydrogens (tertiary/aromatic N) is 4. The highest BCUT2D eigenvalue weighted by Crippen LogP contribution is 2.28. The zero-order chi connectivity index (χ0) is 16.9. The van der Waals surface area contributed by atoms with Crippen molar-refractivity contribution in [1.29, 1.82) is 0 Å². The van der Waals surface area contributed by atoms with Crippen LogP contribution < -0.4 is 9.80 Å². The number of pyridine rings is 1. The standard InChI is InChI=1S/C17H20N4O3/c1-19(17-16(21(22)23)7-4-8-18-17)13-14-5-2-3-6-15(14)20-9-11-24-12-10-20/h2-8H,9-13H2,1H3. The Labute approximate surface area is 140 Å². The highest BCUT2D eigenvalue weighted by Gasteiger charge is 2.20. The molecule has 0 N–H and O–H groups in total. The Morgan fingerprint density at radius 3 is 2.75 bits per heavy atom. The Hall–Kier alpha value is -2.67. The third kappa shape index (κ3) is 3.46. The van der Waals surface area contributed by atoms with Crippen LogP contribution >= 0.6 is 0 Å². The lowest BCUT2D eigenvalue weighted by Crippen LogP contribution is -2.37. The number of para-hydroxylation sites is 1. The van der Waals surface area contributed by atoms with Gasteiger partial charge in [-0.25, -0.2) is 4.98 Å². The molecule has 1 aromatic carbocycles. The van der Waals surface area contributed by atoms with Gasteiger partial charge in [-0.15, -0.1) is 0 Å². The van der Waals surface area contributed by atoms with Gasteiger partial charge >= 0.3 is 5.69 Å². The van der Waals surface area contributed by atoms with Crippen LogP contribution in [-0.4, -0.2) is 43.3 Å². The topological polar surface area (TPSA) is 71.7 Å². The van der Waals surface area contributed by atoms with E-state index in [1.807, 2.05) is 24.1 Å². The number of benzene rings is 1. The minimum absolute atomic E-state index is 0.0175. The van der Waals surface area contributed by atoms with Crippen molar-refractivity contribution < 1.29 is 9.66 Å². The molecule has 0 radical (unpaired) electrons. The SMILES string of the molecule is CN(Cc1ccccc1N1CCOCC1)c1ncccc1[N+](=O)[O-]. The molecule has 7 heteroatoms. The van der Waals surface area contributed by atoms with Gasteiger partial charge in [0.25, 0.3) is 0 Å². The molecule has 126 valence electrons. The second-order valence-corrected chi connectivity index (χ2v) is 5.69. The molecule has 1 aliphatic rings.